The summed E-state index contributed by atoms with van der Waals surface area (Å²) in [4.78, 5) is 1.47. The van der Waals surface area contributed by atoms with Crippen LogP contribution in [0.1, 0.15) is 16.0 Å². The fraction of sp³-hybridized carbons (Fsp3) is 0.286. The van der Waals surface area contributed by atoms with E-state index in [2.05, 4.69) is 30.5 Å². The molecular weight excluding hydrogens is 216 g/mol. The molecule has 1 aromatic heterocycles. The van der Waals surface area contributed by atoms with Crippen LogP contribution in [0.4, 0.5) is 0 Å². The summed E-state index contributed by atoms with van der Waals surface area (Å²) in [6.07, 6.45) is 2.23. The number of aryl methyl sites for hydroxylation is 3. The lowest BCUT2D eigenvalue weighted by atomic mass is 10.1. The van der Waals surface area contributed by atoms with E-state index in [1.807, 2.05) is 23.5 Å². The fourth-order valence-electron chi connectivity index (χ4n) is 1.68. The van der Waals surface area contributed by atoms with Crippen LogP contribution in [0, 0.1) is 6.92 Å². The van der Waals surface area contributed by atoms with E-state index >= 15 is 0 Å². The average molecular weight is 232 g/mol. The molecule has 0 amide bonds. The first-order valence-corrected chi connectivity index (χ1v) is 6.33. The van der Waals surface area contributed by atoms with Gasteiger partial charge in [0.2, 0.25) is 0 Å². The van der Waals surface area contributed by atoms with E-state index in [4.69, 9.17) is 4.74 Å². The van der Waals surface area contributed by atoms with Crippen molar-refractivity contribution < 1.29 is 4.74 Å². The second-order valence-electron chi connectivity index (χ2n) is 3.94. The van der Waals surface area contributed by atoms with Gasteiger partial charge in [0.15, 0.2) is 0 Å². The Morgan fingerprint density at radius 2 is 1.88 bits per heavy atom. The summed E-state index contributed by atoms with van der Waals surface area (Å²) >= 11 is 1.85. The molecule has 1 aromatic carbocycles. The lowest BCUT2D eigenvalue weighted by Gasteiger charge is -2.02. The first-order valence-electron chi connectivity index (χ1n) is 5.45. The predicted molar refractivity (Wildman–Crippen MR) is 69.5 cm³/mol. The second-order valence-corrected chi connectivity index (χ2v) is 4.93. The van der Waals surface area contributed by atoms with E-state index in [-0.39, 0.29) is 0 Å². The van der Waals surface area contributed by atoms with E-state index in [0.717, 1.165) is 18.6 Å². The standard InChI is InChI=1S/C14H16OS/c1-11-9-14(16-10-11)8-5-12-3-6-13(15-2)7-4-12/h3-4,6-7,9-10H,5,8H2,1-2H3. The summed E-state index contributed by atoms with van der Waals surface area (Å²) in [7, 11) is 1.70. The zero-order chi connectivity index (χ0) is 11.4. The molecule has 0 unspecified atom stereocenters. The van der Waals surface area contributed by atoms with Crippen LogP contribution in [0.25, 0.3) is 0 Å². The van der Waals surface area contributed by atoms with Gasteiger partial charge in [-0.2, -0.15) is 0 Å². The van der Waals surface area contributed by atoms with Gasteiger partial charge in [-0.05, 0) is 54.5 Å². The summed E-state index contributed by atoms with van der Waals surface area (Å²) in [6, 6.07) is 10.6. The summed E-state index contributed by atoms with van der Waals surface area (Å²) in [5.74, 6) is 0.927. The average Bonchev–Trinajstić information content (AvgIpc) is 2.73. The van der Waals surface area contributed by atoms with Gasteiger partial charge in [-0.3, -0.25) is 0 Å². The van der Waals surface area contributed by atoms with Gasteiger partial charge in [0, 0.05) is 4.88 Å². The van der Waals surface area contributed by atoms with E-state index in [0.29, 0.717) is 0 Å². The Hall–Kier alpha value is -1.28. The van der Waals surface area contributed by atoms with E-state index in [1.165, 1.54) is 16.0 Å². The zero-order valence-corrected chi connectivity index (χ0v) is 10.5. The summed E-state index contributed by atoms with van der Waals surface area (Å²) < 4.78 is 5.14. The Morgan fingerprint density at radius 3 is 2.44 bits per heavy atom. The summed E-state index contributed by atoms with van der Waals surface area (Å²) in [5.41, 5.74) is 2.74. The molecular formula is C14H16OS. The molecule has 16 heavy (non-hydrogen) atoms. The SMILES string of the molecule is COc1ccc(CCc2cc(C)cs2)cc1. The van der Waals surface area contributed by atoms with Gasteiger partial charge in [-0.1, -0.05) is 12.1 Å². The highest BCUT2D eigenvalue weighted by Crippen LogP contribution is 2.17. The van der Waals surface area contributed by atoms with Crippen molar-refractivity contribution in [1.29, 1.82) is 0 Å². The van der Waals surface area contributed by atoms with E-state index < -0.39 is 0 Å². The second kappa shape index (κ2) is 5.17. The van der Waals surface area contributed by atoms with Gasteiger partial charge >= 0.3 is 0 Å². The highest BCUT2D eigenvalue weighted by Gasteiger charge is 1.99. The number of ether oxygens (including phenoxy) is 1. The van der Waals surface area contributed by atoms with Crippen molar-refractivity contribution in [2.24, 2.45) is 0 Å². The monoisotopic (exact) mass is 232 g/mol. The highest BCUT2D eigenvalue weighted by molar-refractivity contribution is 7.10. The summed E-state index contributed by atoms with van der Waals surface area (Å²) in [6.45, 7) is 2.15. The molecule has 1 heterocycles. The summed E-state index contributed by atoms with van der Waals surface area (Å²) in [5, 5.41) is 2.21. The topological polar surface area (TPSA) is 9.23 Å². The van der Waals surface area contributed by atoms with Gasteiger partial charge in [-0.15, -0.1) is 11.3 Å². The first-order chi connectivity index (χ1) is 7.78. The third-order valence-corrected chi connectivity index (χ3v) is 3.72. The minimum Gasteiger partial charge on any atom is -0.497 e. The van der Waals surface area contributed by atoms with Crippen LogP contribution in [0.5, 0.6) is 5.75 Å². The van der Waals surface area contributed by atoms with Crippen LogP contribution in [-0.2, 0) is 12.8 Å². The number of thiophene rings is 1. The molecule has 0 radical (unpaired) electrons. The molecule has 0 aliphatic carbocycles. The van der Waals surface area contributed by atoms with Crippen molar-refractivity contribution in [3.05, 3.63) is 51.7 Å². The van der Waals surface area contributed by atoms with Crippen LogP contribution in [-0.4, -0.2) is 7.11 Å². The third kappa shape index (κ3) is 2.86. The third-order valence-electron chi connectivity index (χ3n) is 2.60. The van der Waals surface area contributed by atoms with Gasteiger partial charge in [0.05, 0.1) is 7.11 Å². The van der Waals surface area contributed by atoms with Crippen molar-refractivity contribution in [2.45, 2.75) is 19.8 Å². The van der Waals surface area contributed by atoms with E-state index in [1.54, 1.807) is 7.11 Å². The molecule has 2 rings (SSSR count). The molecule has 0 spiro atoms. The molecule has 2 aromatic rings. The number of hydrogen-bond donors (Lipinski definition) is 0. The number of hydrogen-bond acceptors (Lipinski definition) is 2. The van der Waals surface area contributed by atoms with Crippen LogP contribution in [0.2, 0.25) is 0 Å². The maximum atomic E-state index is 5.14. The molecule has 84 valence electrons. The zero-order valence-electron chi connectivity index (χ0n) is 9.69. The Kier molecular flexibility index (Phi) is 3.62. The Labute approximate surface area is 101 Å². The minimum atomic E-state index is 0.927. The van der Waals surface area contributed by atoms with Crippen LogP contribution in [0.15, 0.2) is 35.7 Å². The molecule has 0 saturated carbocycles. The Bertz CT molecular complexity index is 442. The van der Waals surface area contributed by atoms with Crippen LogP contribution < -0.4 is 4.74 Å². The number of benzene rings is 1. The molecule has 0 N–H and O–H groups in total. The normalized spacial score (nSPS) is 10.4. The quantitative estimate of drug-likeness (QED) is 0.778. The maximum absolute atomic E-state index is 5.14. The van der Waals surface area contributed by atoms with Gasteiger partial charge < -0.3 is 4.74 Å². The first kappa shape index (κ1) is 11.2. The molecule has 2 heteroatoms. The van der Waals surface area contributed by atoms with E-state index in [9.17, 15) is 0 Å². The highest BCUT2D eigenvalue weighted by atomic mass is 32.1. The predicted octanol–water partition coefficient (Wildman–Crippen LogP) is 3.85. The van der Waals surface area contributed by atoms with Crippen molar-refractivity contribution in [3.8, 4) is 5.75 Å². The number of methoxy groups -OCH3 is 1. The Morgan fingerprint density at radius 1 is 1.12 bits per heavy atom. The lowest BCUT2D eigenvalue weighted by molar-refractivity contribution is 0.414. The van der Waals surface area contributed by atoms with Crippen molar-refractivity contribution in [2.75, 3.05) is 7.11 Å². The molecule has 0 fully saturated rings. The van der Waals surface area contributed by atoms with Gasteiger partial charge in [0.25, 0.3) is 0 Å². The molecule has 0 aliphatic rings. The fourth-order valence-corrected chi connectivity index (χ4v) is 2.56. The molecule has 0 atom stereocenters. The van der Waals surface area contributed by atoms with Crippen molar-refractivity contribution in [3.63, 3.8) is 0 Å². The molecule has 0 aliphatic heterocycles. The van der Waals surface area contributed by atoms with Gasteiger partial charge in [-0.25, -0.2) is 0 Å². The molecule has 1 nitrogen and oxygen atoms in total. The molecule has 0 saturated heterocycles. The van der Waals surface area contributed by atoms with Crippen LogP contribution in [0.3, 0.4) is 0 Å². The minimum absolute atomic E-state index is 0.927. The molecule has 0 bridgehead atoms. The smallest absolute Gasteiger partial charge is 0.118 e. The van der Waals surface area contributed by atoms with Crippen LogP contribution >= 0.6 is 11.3 Å². The lowest BCUT2D eigenvalue weighted by Crippen LogP contribution is -1.89. The maximum Gasteiger partial charge on any atom is 0.118 e. The largest absolute Gasteiger partial charge is 0.497 e. The Balaban J connectivity index is 1.94. The van der Waals surface area contributed by atoms with Gasteiger partial charge in [0.1, 0.15) is 5.75 Å². The number of rotatable bonds is 4. The van der Waals surface area contributed by atoms with Crippen molar-refractivity contribution >= 4 is 11.3 Å². The van der Waals surface area contributed by atoms with Crippen molar-refractivity contribution in [1.82, 2.24) is 0 Å².